The second kappa shape index (κ2) is 7.18. The van der Waals surface area contributed by atoms with E-state index in [0.29, 0.717) is 10.8 Å². The molecule has 0 N–H and O–H groups in total. The molecule has 6 heteroatoms. The molecule has 0 fully saturated rings. The number of furan rings is 1. The van der Waals surface area contributed by atoms with Crippen molar-refractivity contribution in [1.29, 1.82) is 0 Å². The molecule has 4 nitrogen and oxygen atoms in total. The van der Waals surface area contributed by atoms with E-state index in [9.17, 15) is 4.79 Å². The van der Waals surface area contributed by atoms with Crippen LogP contribution in [-0.2, 0) is 0 Å². The predicted molar refractivity (Wildman–Crippen MR) is 109 cm³/mol. The van der Waals surface area contributed by atoms with Gasteiger partial charge in [0, 0.05) is 12.6 Å². The van der Waals surface area contributed by atoms with Gasteiger partial charge < -0.3 is 9.32 Å². The van der Waals surface area contributed by atoms with E-state index in [1.165, 1.54) is 0 Å². The molecule has 0 unspecified atom stereocenters. The third-order valence-electron chi connectivity index (χ3n) is 4.53. The first-order valence-corrected chi connectivity index (χ1v) is 9.71. The highest BCUT2D eigenvalue weighted by molar-refractivity contribution is 7.18. The maximum atomic E-state index is 12.9. The maximum absolute atomic E-state index is 12.9. The van der Waals surface area contributed by atoms with E-state index >= 15 is 0 Å². The smallest absolute Gasteiger partial charge is 0.289 e. The predicted octanol–water partition coefficient (Wildman–Crippen LogP) is 6.04. The van der Waals surface area contributed by atoms with E-state index in [1.54, 1.807) is 41.5 Å². The lowest BCUT2D eigenvalue weighted by molar-refractivity contribution is 0.0711. The van der Waals surface area contributed by atoms with Crippen molar-refractivity contribution in [2.24, 2.45) is 0 Å². The SMILES string of the molecule is C[C@H](c1nc2ccccc2s1)N(C)C(=O)c1ccc(-c2ccccc2Cl)o1. The zero-order valence-corrected chi connectivity index (χ0v) is 16.4. The molecule has 0 aliphatic rings. The highest BCUT2D eigenvalue weighted by Gasteiger charge is 2.24. The molecule has 0 radical (unpaired) electrons. The Hall–Kier alpha value is -2.63. The van der Waals surface area contributed by atoms with Crippen LogP contribution in [0, 0.1) is 0 Å². The number of carbonyl (C=O) groups is 1. The minimum absolute atomic E-state index is 0.163. The zero-order valence-electron chi connectivity index (χ0n) is 14.8. The van der Waals surface area contributed by atoms with Gasteiger partial charge in [-0.3, -0.25) is 4.79 Å². The van der Waals surface area contributed by atoms with Crippen molar-refractivity contribution in [3.05, 3.63) is 76.5 Å². The number of amides is 1. The second-order valence-corrected chi connectivity index (χ2v) is 7.73. The fourth-order valence-corrected chi connectivity index (χ4v) is 4.13. The van der Waals surface area contributed by atoms with Crippen molar-refractivity contribution < 1.29 is 9.21 Å². The molecule has 4 rings (SSSR count). The van der Waals surface area contributed by atoms with E-state index < -0.39 is 0 Å². The summed E-state index contributed by atoms with van der Waals surface area (Å²) in [5.74, 6) is 0.658. The number of para-hydroxylation sites is 1. The van der Waals surface area contributed by atoms with E-state index in [-0.39, 0.29) is 17.7 Å². The minimum Gasteiger partial charge on any atom is -0.451 e. The van der Waals surface area contributed by atoms with Gasteiger partial charge in [0.05, 0.1) is 21.3 Å². The van der Waals surface area contributed by atoms with Crippen LogP contribution in [-0.4, -0.2) is 22.8 Å². The fraction of sp³-hybridized carbons (Fsp3) is 0.143. The first-order valence-electron chi connectivity index (χ1n) is 8.52. The molecule has 1 atom stereocenters. The third kappa shape index (κ3) is 3.36. The Morgan fingerprint density at radius 1 is 1.11 bits per heavy atom. The van der Waals surface area contributed by atoms with E-state index in [2.05, 4.69) is 4.98 Å². The van der Waals surface area contributed by atoms with Gasteiger partial charge in [0.2, 0.25) is 0 Å². The van der Waals surface area contributed by atoms with Gasteiger partial charge in [0.25, 0.3) is 5.91 Å². The van der Waals surface area contributed by atoms with Crippen molar-refractivity contribution >= 4 is 39.1 Å². The number of thiazole rings is 1. The Morgan fingerprint density at radius 3 is 2.63 bits per heavy atom. The Morgan fingerprint density at radius 2 is 1.85 bits per heavy atom. The van der Waals surface area contributed by atoms with Gasteiger partial charge in [0.1, 0.15) is 10.8 Å². The van der Waals surface area contributed by atoms with E-state index in [0.717, 1.165) is 20.8 Å². The monoisotopic (exact) mass is 396 g/mol. The zero-order chi connectivity index (χ0) is 19.0. The van der Waals surface area contributed by atoms with Crippen LogP contribution < -0.4 is 0 Å². The van der Waals surface area contributed by atoms with Crippen LogP contribution in [0.1, 0.15) is 28.5 Å². The fourth-order valence-electron chi connectivity index (χ4n) is 2.84. The van der Waals surface area contributed by atoms with Crippen molar-refractivity contribution in [3.63, 3.8) is 0 Å². The molecule has 2 aromatic carbocycles. The minimum atomic E-state index is -0.194. The van der Waals surface area contributed by atoms with Crippen LogP contribution in [0.3, 0.4) is 0 Å². The Bertz CT molecular complexity index is 1090. The van der Waals surface area contributed by atoms with Gasteiger partial charge in [-0.1, -0.05) is 35.9 Å². The van der Waals surface area contributed by atoms with Crippen molar-refractivity contribution in [2.75, 3.05) is 7.05 Å². The first kappa shape index (κ1) is 17.8. The van der Waals surface area contributed by atoms with Crippen LogP contribution in [0.25, 0.3) is 21.5 Å². The number of fused-ring (bicyclic) bond motifs is 1. The number of carbonyl (C=O) groups excluding carboxylic acids is 1. The number of benzene rings is 2. The van der Waals surface area contributed by atoms with Gasteiger partial charge in [0.15, 0.2) is 5.76 Å². The summed E-state index contributed by atoms with van der Waals surface area (Å²) < 4.78 is 6.90. The Labute approximate surface area is 166 Å². The summed E-state index contributed by atoms with van der Waals surface area (Å²) >= 11 is 7.81. The molecule has 0 saturated carbocycles. The highest BCUT2D eigenvalue weighted by atomic mass is 35.5. The van der Waals surface area contributed by atoms with Gasteiger partial charge in [-0.05, 0) is 43.3 Å². The number of halogens is 1. The standard InChI is InChI=1S/C21H17ClN2O2S/c1-13(20-23-16-9-5-6-10-19(16)27-20)24(2)21(25)18-12-11-17(26-18)14-7-3-4-8-15(14)22/h3-13H,1-2H3/t13-/m1/s1. The molecular weight excluding hydrogens is 380 g/mol. The van der Waals surface area contributed by atoms with Crippen LogP contribution in [0.4, 0.5) is 0 Å². The first-order chi connectivity index (χ1) is 13.0. The van der Waals surface area contributed by atoms with Crippen LogP contribution in [0.15, 0.2) is 65.1 Å². The van der Waals surface area contributed by atoms with Crippen molar-refractivity contribution in [3.8, 4) is 11.3 Å². The second-order valence-electron chi connectivity index (χ2n) is 6.26. The van der Waals surface area contributed by atoms with E-state index in [4.69, 9.17) is 16.0 Å². The number of rotatable bonds is 4. The summed E-state index contributed by atoms with van der Waals surface area (Å²) in [6, 6.07) is 18.6. The van der Waals surface area contributed by atoms with Gasteiger partial charge in [-0.15, -0.1) is 11.3 Å². The molecule has 0 aliphatic heterocycles. The summed E-state index contributed by atoms with van der Waals surface area (Å²) in [6.45, 7) is 1.97. The molecule has 2 heterocycles. The van der Waals surface area contributed by atoms with E-state index in [1.807, 2.05) is 49.4 Å². The summed E-state index contributed by atoms with van der Waals surface area (Å²) in [5, 5.41) is 1.48. The highest BCUT2D eigenvalue weighted by Crippen LogP contribution is 2.32. The van der Waals surface area contributed by atoms with Crippen LogP contribution >= 0.6 is 22.9 Å². The van der Waals surface area contributed by atoms with Crippen molar-refractivity contribution in [2.45, 2.75) is 13.0 Å². The topological polar surface area (TPSA) is 46.3 Å². The molecule has 0 spiro atoms. The molecule has 1 amide bonds. The molecule has 136 valence electrons. The lowest BCUT2D eigenvalue weighted by atomic mass is 10.2. The quantitative estimate of drug-likeness (QED) is 0.422. The average Bonchev–Trinajstić information content (AvgIpc) is 3.33. The van der Waals surface area contributed by atoms with Crippen LogP contribution in [0.2, 0.25) is 5.02 Å². The van der Waals surface area contributed by atoms with Gasteiger partial charge in [-0.25, -0.2) is 4.98 Å². The lowest BCUT2D eigenvalue weighted by Crippen LogP contribution is -2.29. The summed E-state index contributed by atoms with van der Waals surface area (Å²) in [5.41, 5.74) is 1.71. The number of hydrogen-bond acceptors (Lipinski definition) is 4. The molecular formula is C21H17ClN2O2S. The van der Waals surface area contributed by atoms with Gasteiger partial charge in [-0.2, -0.15) is 0 Å². The largest absolute Gasteiger partial charge is 0.451 e. The molecule has 27 heavy (non-hydrogen) atoms. The maximum Gasteiger partial charge on any atom is 0.289 e. The van der Waals surface area contributed by atoms with Crippen LogP contribution in [0.5, 0.6) is 0 Å². The summed E-state index contributed by atoms with van der Waals surface area (Å²) in [4.78, 5) is 19.2. The van der Waals surface area contributed by atoms with Crippen molar-refractivity contribution in [1.82, 2.24) is 9.88 Å². The third-order valence-corrected chi connectivity index (χ3v) is 6.06. The molecule has 0 bridgehead atoms. The lowest BCUT2D eigenvalue weighted by Gasteiger charge is -2.22. The normalized spacial score (nSPS) is 12.3. The summed E-state index contributed by atoms with van der Waals surface area (Å²) in [7, 11) is 1.76. The number of hydrogen-bond donors (Lipinski definition) is 0. The Balaban J connectivity index is 1.58. The Kier molecular flexibility index (Phi) is 4.72. The molecule has 4 aromatic rings. The van der Waals surface area contributed by atoms with Gasteiger partial charge >= 0.3 is 0 Å². The number of aromatic nitrogens is 1. The molecule has 2 aromatic heterocycles. The molecule has 0 aliphatic carbocycles. The number of nitrogens with zero attached hydrogens (tertiary/aromatic N) is 2. The molecule has 0 saturated heterocycles. The summed E-state index contributed by atoms with van der Waals surface area (Å²) in [6.07, 6.45) is 0. The average molecular weight is 397 g/mol.